The van der Waals surface area contributed by atoms with E-state index in [0.29, 0.717) is 26.2 Å². The number of carbonyl (C=O) groups excluding carboxylic acids is 1. The molecule has 0 saturated carbocycles. The molecular formula is C18H14N2O6S2. The summed E-state index contributed by atoms with van der Waals surface area (Å²) in [6.45, 7) is 0. The largest absolute Gasteiger partial charge is 0.500 e. The van der Waals surface area contributed by atoms with Gasteiger partial charge in [-0.05, 0) is 42.0 Å². The second kappa shape index (κ2) is 7.87. The topological polar surface area (TPSA) is 102 Å². The average molecular weight is 418 g/mol. The van der Waals surface area contributed by atoms with E-state index in [9.17, 15) is 20.0 Å². The number of nitro benzene ring substituents is 1. The summed E-state index contributed by atoms with van der Waals surface area (Å²) in [7, 11) is 2.83. The number of phenolic OH excluding ortho intramolecular Hbond substituents is 1. The molecule has 0 unspecified atom stereocenters. The summed E-state index contributed by atoms with van der Waals surface area (Å²) in [5.41, 5.74) is 0.397. The molecule has 8 nitrogen and oxygen atoms in total. The van der Waals surface area contributed by atoms with Crippen LogP contribution in [0.25, 0.3) is 6.08 Å². The molecule has 3 rings (SSSR count). The minimum atomic E-state index is -0.724. The molecule has 28 heavy (non-hydrogen) atoms. The Hall–Kier alpha value is -3.11. The molecule has 1 saturated heterocycles. The van der Waals surface area contributed by atoms with Crippen LogP contribution in [-0.4, -0.2) is 34.5 Å². The Balaban J connectivity index is 1.97. The van der Waals surface area contributed by atoms with Crippen molar-refractivity contribution < 1.29 is 24.3 Å². The normalized spacial score (nSPS) is 15.2. The highest BCUT2D eigenvalue weighted by molar-refractivity contribution is 8.27. The third-order valence-corrected chi connectivity index (χ3v) is 5.22. The summed E-state index contributed by atoms with van der Waals surface area (Å²) in [5, 5.41) is 21.0. The molecule has 10 heteroatoms. The number of carbonyl (C=O) groups is 1. The Morgan fingerprint density at radius 2 is 1.89 bits per heavy atom. The van der Waals surface area contributed by atoms with E-state index in [4.69, 9.17) is 21.7 Å². The van der Waals surface area contributed by atoms with Gasteiger partial charge in [-0.25, -0.2) is 0 Å². The summed E-state index contributed by atoms with van der Waals surface area (Å²) in [6, 6.07) is 9.42. The lowest BCUT2D eigenvalue weighted by Crippen LogP contribution is -2.27. The number of thiocarbonyl (C=S) groups is 1. The van der Waals surface area contributed by atoms with Crippen molar-refractivity contribution in [3.05, 3.63) is 57.0 Å². The van der Waals surface area contributed by atoms with E-state index in [1.165, 1.54) is 24.2 Å². The van der Waals surface area contributed by atoms with Gasteiger partial charge in [-0.2, -0.15) is 0 Å². The zero-order valence-corrected chi connectivity index (χ0v) is 16.4. The lowest BCUT2D eigenvalue weighted by Gasteiger charge is -2.14. The molecule has 1 amide bonds. The number of nitrogens with zero attached hydrogens (tertiary/aromatic N) is 2. The van der Waals surface area contributed by atoms with Crippen LogP contribution in [-0.2, 0) is 4.79 Å². The molecule has 144 valence electrons. The van der Waals surface area contributed by atoms with Crippen molar-refractivity contribution in [3.8, 4) is 17.2 Å². The van der Waals surface area contributed by atoms with Crippen molar-refractivity contribution in [1.82, 2.24) is 0 Å². The lowest BCUT2D eigenvalue weighted by atomic mass is 10.1. The van der Waals surface area contributed by atoms with Gasteiger partial charge in [0.1, 0.15) is 5.75 Å². The first-order chi connectivity index (χ1) is 13.3. The third kappa shape index (κ3) is 3.64. The highest BCUT2D eigenvalue weighted by Crippen LogP contribution is 2.40. The van der Waals surface area contributed by atoms with E-state index in [1.54, 1.807) is 31.4 Å². The van der Waals surface area contributed by atoms with Crippen molar-refractivity contribution in [1.29, 1.82) is 0 Å². The zero-order chi connectivity index (χ0) is 20.4. The van der Waals surface area contributed by atoms with Crippen LogP contribution < -0.4 is 14.4 Å². The smallest absolute Gasteiger partial charge is 0.315 e. The molecule has 2 aromatic rings. The molecule has 0 bridgehead atoms. The number of nitro groups is 1. The number of benzene rings is 2. The fourth-order valence-corrected chi connectivity index (χ4v) is 3.86. The highest BCUT2D eigenvalue weighted by Gasteiger charge is 2.33. The Morgan fingerprint density at radius 1 is 1.21 bits per heavy atom. The van der Waals surface area contributed by atoms with Crippen LogP contribution >= 0.6 is 24.0 Å². The Labute approximate surface area is 169 Å². The van der Waals surface area contributed by atoms with Gasteiger partial charge >= 0.3 is 5.69 Å². The Bertz CT molecular complexity index is 1000. The first kappa shape index (κ1) is 19.6. The number of amides is 1. The second-order valence-corrected chi connectivity index (χ2v) is 7.24. The third-order valence-electron chi connectivity index (χ3n) is 3.92. The second-order valence-electron chi connectivity index (χ2n) is 5.56. The highest BCUT2D eigenvalue weighted by atomic mass is 32.2. The van der Waals surface area contributed by atoms with Crippen LogP contribution in [0.3, 0.4) is 0 Å². The number of anilines is 1. The summed E-state index contributed by atoms with van der Waals surface area (Å²) in [6.07, 6.45) is 1.47. The number of phenols is 1. The fraction of sp³-hybridized carbons (Fsp3) is 0.111. The summed E-state index contributed by atoms with van der Waals surface area (Å²) >= 11 is 6.39. The van der Waals surface area contributed by atoms with Crippen LogP contribution in [0, 0.1) is 10.1 Å². The van der Waals surface area contributed by atoms with Gasteiger partial charge in [-0.3, -0.25) is 19.8 Å². The standard InChI is InChI=1S/C18H14N2O6S2/c1-25-12-5-3-11(4-6-12)19-17(22)15(28-18(19)27)9-10-7-13(20(23)24)16(21)14(8-10)26-2/h3-9,21H,1-2H3. The maximum atomic E-state index is 12.8. The van der Waals surface area contributed by atoms with E-state index in [2.05, 4.69) is 0 Å². The molecule has 0 aliphatic carbocycles. The number of hydrogen-bond donors (Lipinski definition) is 1. The van der Waals surface area contributed by atoms with E-state index in [1.807, 2.05) is 0 Å². The number of hydrogen-bond acceptors (Lipinski definition) is 8. The average Bonchev–Trinajstić information content (AvgIpc) is 2.96. The van der Waals surface area contributed by atoms with Crippen molar-refractivity contribution in [3.63, 3.8) is 0 Å². The number of aromatic hydroxyl groups is 1. The Morgan fingerprint density at radius 3 is 2.46 bits per heavy atom. The van der Waals surface area contributed by atoms with Gasteiger partial charge in [-0.15, -0.1) is 0 Å². The molecule has 0 spiro atoms. The SMILES string of the molecule is COc1ccc(N2C(=O)C(=Cc3cc(OC)c(O)c([N+](=O)[O-])c3)SC2=S)cc1. The molecule has 0 radical (unpaired) electrons. The van der Waals surface area contributed by atoms with Gasteiger partial charge < -0.3 is 14.6 Å². The quantitative estimate of drug-likeness (QED) is 0.339. The molecule has 0 aromatic heterocycles. The van der Waals surface area contributed by atoms with Gasteiger partial charge in [0.2, 0.25) is 5.75 Å². The molecule has 0 atom stereocenters. The maximum Gasteiger partial charge on any atom is 0.315 e. The lowest BCUT2D eigenvalue weighted by molar-refractivity contribution is -0.386. The fourth-order valence-electron chi connectivity index (χ4n) is 2.56. The summed E-state index contributed by atoms with van der Waals surface area (Å²) < 4.78 is 10.4. The predicted octanol–water partition coefficient (Wildman–Crippen LogP) is 3.72. The molecular weight excluding hydrogens is 404 g/mol. The van der Waals surface area contributed by atoms with Crippen LogP contribution in [0.1, 0.15) is 5.56 Å². The predicted molar refractivity (Wildman–Crippen MR) is 110 cm³/mol. The maximum absolute atomic E-state index is 12.8. The first-order valence-electron chi connectivity index (χ1n) is 7.83. The monoisotopic (exact) mass is 418 g/mol. The number of thioether (sulfide) groups is 1. The molecule has 1 N–H and O–H groups in total. The van der Waals surface area contributed by atoms with Gasteiger partial charge in [0.25, 0.3) is 5.91 Å². The van der Waals surface area contributed by atoms with Gasteiger partial charge in [0.15, 0.2) is 10.1 Å². The van der Waals surface area contributed by atoms with Crippen molar-refractivity contribution in [2.24, 2.45) is 0 Å². The summed E-state index contributed by atoms with van der Waals surface area (Å²) in [5.74, 6) is -0.343. The van der Waals surface area contributed by atoms with Crippen molar-refractivity contribution in [2.75, 3.05) is 19.1 Å². The van der Waals surface area contributed by atoms with E-state index in [0.717, 1.165) is 17.8 Å². The first-order valence-corrected chi connectivity index (χ1v) is 9.05. The van der Waals surface area contributed by atoms with Crippen molar-refractivity contribution >= 4 is 51.7 Å². The van der Waals surface area contributed by atoms with Crippen LogP contribution in [0.5, 0.6) is 17.2 Å². The molecule has 1 heterocycles. The van der Waals surface area contributed by atoms with Gasteiger partial charge in [-0.1, -0.05) is 24.0 Å². The van der Waals surface area contributed by atoms with Gasteiger partial charge in [0.05, 0.1) is 29.7 Å². The molecule has 1 aliphatic heterocycles. The minimum absolute atomic E-state index is 0.0638. The molecule has 2 aromatic carbocycles. The number of methoxy groups -OCH3 is 2. The van der Waals surface area contributed by atoms with Crippen molar-refractivity contribution in [2.45, 2.75) is 0 Å². The minimum Gasteiger partial charge on any atom is -0.500 e. The molecule has 1 aliphatic rings. The Kier molecular flexibility index (Phi) is 5.52. The van der Waals surface area contributed by atoms with Crippen LogP contribution in [0.4, 0.5) is 11.4 Å². The van der Waals surface area contributed by atoms with E-state index in [-0.39, 0.29) is 11.7 Å². The van der Waals surface area contributed by atoms with Crippen LogP contribution in [0.2, 0.25) is 0 Å². The molecule has 1 fully saturated rings. The van der Waals surface area contributed by atoms with Crippen LogP contribution in [0.15, 0.2) is 41.3 Å². The van der Waals surface area contributed by atoms with E-state index < -0.39 is 16.4 Å². The summed E-state index contributed by atoms with van der Waals surface area (Å²) in [4.78, 5) is 24.9. The van der Waals surface area contributed by atoms with E-state index >= 15 is 0 Å². The zero-order valence-electron chi connectivity index (χ0n) is 14.7. The number of ether oxygens (including phenoxy) is 2. The number of rotatable bonds is 5. The van der Waals surface area contributed by atoms with Gasteiger partial charge in [0, 0.05) is 6.07 Å².